The van der Waals surface area contributed by atoms with Crippen LogP contribution in [-0.2, 0) is 9.59 Å². The molecule has 0 aromatic carbocycles. The highest BCUT2D eigenvalue weighted by atomic mass is 32.1. The molecule has 0 aromatic rings. The largest absolute Gasteiger partial charge is 0.549 e. The van der Waals surface area contributed by atoms with Gasteiger partial charge in [-0.3, -0.25) is 4.79 Å². The van der Waals surface area contributed by atoms with E-state index in [1.165, 1.54) is 12.8 Å². The minimum atomic E-state index is -1.46. The summed E-state index contributed by atoms with van der Waals surface area (Å²) in [6.07, 6.45) is 2.05. The fraction of sp³-hybridized carbons (Fsp3) is 0.750. The van der Waals surface area contributed by atoms with Gasteiger partial charge in [-0.25, -0.2) is 0 Å². The lowest BCUT2D eigenvalue weighted by Crippen LogP contribution is -2.49. The summed E-state index contributed by atoms with van der Waals surface area (Å²) in [5, 5.41) is 16.6. The van der Waals surface area contributed by atoms with Crippen LogP contribution in [-0.4, -0.2) is 28.8 Å². The molecule has 0 aliphatic carbocycles. The monoisotopic (exact) mass is 223 g/mol. The molecule has 0 amide bonds. The highest BCUT2D eigenvalue weighted by Gasteiger charge is 2.07. The van der Waals surface area contributed by atoms with Gasteiger partial charge in [-0.15, -0.1) is 0 Å². The minimum Gasteiger partial charge on any atom is -0.549 e. The van der Waals surface area contributed by atoms with Crippen LogP contribution in [0.5, 0.6) is 0 Å². The Kier molecular flexibility index (Phi) is 11.6. The highest BCUT2D eigenvalue weighted by Crippen LogP contribution is 1.98. The number of carbonyl (C=O) groups is 2. The lowest BCUT2D eigenvalue weighted by molar-refractivity contribution is -0.368. The van der Waals surface area contributed by atoms with E-state index in [9.17, 15) is 14.7 Å². The van der Waals surface area contributed by atoms with Crippen molar-refractivity contribution in [2.45, 2.75) is 31.4 Å². The van der Waals surface area contributed by atoms with E-state index in [4.69, 9.17) is 5.11 Å². The molecule has 0 fully saturated rings. The Bertz CT molecular complexity index is 173. The number of carbonyl (C=O) groups excluding carboxylic acids is 1. The standard InChI is InChI=1S/C4H11N.C4H6O4S/c1-2-3-4-5;5-3(6)1-2(9)4(7)8/h2-5H2,1H3;2,9H,1H2,(H,5,6)(H,7,8). The summed E-state index contributed by atoms with van der Waals surface area (Å²) in [6.45, 7) is 3.27. The normalized spacial score (nSPS) is 11.1. The van der Waals surface area contributed by atoms with Crippen LogP contribution in [0.2, 0.25) is 0 Å². The minimum absolute atomic E-state index is 0.508. The van der Waals surface area contributed by atoms with Crippen molar-refractivity contribution >= 4 is 24.6 Å². The van der Waals surface area contributed by atoms with E-state index in [0.29, 0.717) is 0 Å². The molecule has 0 aliphatic heterocycles. The Hall–Kier alpha value is -0.750. The number of thiol groups is 1. The number of aliphatic carboxylic acids is 2. The zero-order valence-corrected chi connectivity index (χ0v) is 9.13. The van der Waals surface area contributed by atoms with Gasteiger partial charge < -0.3 is 20.7 Å². The average Bonchev–Trinajstić information content (AvgIpc) is 2.05. The number of hydrogen-bond donors (Lipinski definition) is 3. The van der Waals surface area contributed by atoms with Gasteiger partial charge in [-0.1, -0.05) is 13.3 Å². The maximum atomic E-state index is 9.78. The van der Waals surface area contributed by atoms with Gasteiger partial charge in [0.1, 0.15) is 0 Å². The number of carboxylic acids is 2. The molecule has 4 N–H and O–H groups in total. The van der Waals surface area contributed by atoms with Crippen molar-refractivity contribution < 1.29 is 25.5 Å². The van der Waals surface area contributed by atoms with Gasteiger partial charge in [0, 0.05) is 0 Å². The van der Waals surface area contributed by atoms with Crippen LogP contribution >= 0.6 is 12.6 Å². The first-order valence-corrected chi connectivity index (χ1v) is 4.87. The molecule has 6 heteroatoms. The van der Waals surface area contributed by atoms with Crippen molar-refractivity contribution in [2.24, 2.45) is 0 Å². The molecule has 0 spiro atoms. The summed E-state index contributed by atoms with van der Waals surface area (Å²) >= 11 is 3.42. The second-order valence-corrected chi connectivity index (χ2v) is 3.26. The van der Waals surface area contributed by atoms with Gasteiger partial charge in [0.05, 0.1) is 24.2 Å². The van der Waals surface area contributed by atoms with Gasteiger partial charge >= 0.3 is 5.97 Å². The van der Waals surface area contributed by atoms with E-state index in [1.807, 2.05) is 0 Å². The Morgan fingerprint density at radius 2 is 2.07 bits per heavy atom. The van der Waals surface area contributed by atoms with Crippen molar-refractivity contribution in [1.29, 1.82) is 0 Å². The van der Waals surface area contributed by atoms with Gasteiger partial charge in [0.25, 0.3) is 0 Å². The van der Waals surface area contributed by atoms with E-state index >= 15 is 0 Å². The van der Waals surface area contributed by atoms with Crippen LogP contribution in [0.15, 0.2) is 0 Å². The second kappa shape index (κ2) is 10.3. The fourth-order valence-corrected chi connectivity index (χ4v) is 0.655. The molecule has 5 nitrogen and oxygen atoms in total. The molecule has 0 bridgehead atoms. The third-order valence-corrected chi connectivity index (χ3v) is 1.64. The molecule has 0 saturated heterocycles. The molecule has 1 unspecified atom stereocenters. The predicted molar refractivity (Wildman–Crippen MR) is 52.7 cm³/mol. The number of rotatable bonds is 5. The summed E-state index contributed by atoms with van der Waals surface area (Å²) in [5.41, 5.74) is 3.68. The Morgan fingerprint density at radius 3 is 2.14 bits per heavy atom. The zero-order valence-electron chi connectivity index (χ0n) is 8.23. The third kappa shape index (κ3) is 13.8. The molecule has 84 valence electrons. The summed E-state index contributed by atoms with van der Waals surface area (Å²) in [7, 11) is 0. The third-order valence-electron chi connectivity index (χ3n) is 1.24. The predicted octanol–water partition coefficient (Wildman–Crippen LogP) is -1.46. The molecule has 14 heavy (non-hydrogen) atoms. The Labute approximate surface area is 88.7 Å². The summed E-state index contributed by atoms with van der Waals surface area (Å²) in [5.74, 6) is -2.65. The van der Waals surface area contributed by atoms with Crippen molar-refractivity contribution in [2.75, 3.05) is 6.54 Å². The lowest BCUT2D eigenvalue weighted by Gasteiger charge is -2.06. The first-order valence-electron chi connectivity index (χ1n) is 4.35. The first kappa shape index (κ1) is 15.7. The maximum absolute atomic E-state index is 9.78. The molecule has 0 radical (unpaired) electrons. The quantitative estimate of drug-likeness (QED) is 0.495. The van der Waals surface area contributed by atoms with Gasteiger partial charge in [0.15, 0.2) is 0 Å². The van der Waals surface area contributed by atoms with Crippen LogP contribution in [0.1, 0.15) is 26.2 Å². The van der Waals surface area contributed by atoms with E-state index in [1.54, 1.807) is 0 Å². The molecule has 0 rings (SSSR count). The SMILES string of the molecule is CCCC[NH3+].O=C(O)CC(S)C(=O)[O-]. The topological polar surface area (TPSA) is 105 Å². The number of unbranched alkanes of at least 4 members (excludes halogenated alkanes) is 1. The maximum Gasteiger partial charge on any atom is 0.304 e. The fourth-order valence-electron chi connectivity index (χ4n) is 0.499. The van der Waals surface area contributed by atoms with Crippen LogP contribution < -0.4 is 10.8 Å². The first-order chi connectivity index (χ1) is 6.45. The summed E-state index contributed by atoms with van der Waals surface area (Å²) in [4.78, 5) is 19.6. The lowest BCUT2D eigenvalue weighted by atomic mass is 10.3. The van der Waals surface area contributed by atoms with Crippen molar-refractivity contribution in [3.63, 3.8) is 0 Å². The number of carboxylic acid groups (broad SMARTS) is 2. The van der Waals surface area contributed by atoms with Crippen LogP contribution in [0.3, 0.4) is 0 Å². The van der Waals surface area contributed by atoms with Crippen LogP contribution in [0, 0.1) is 0 Å². The van der Waals surface area contributed by atoms with Gasteiger partial charge in [-0.05, 0) is 6.42 Å². The van der Waals surface area contributed by atoms with Crippen LogP contribution in [0.25, 0.3) is 0 Å². The van der Waals surface area contributed by atoms with Crippen molar-refractivity contribution in [3.05, 3.63) is 0 Å². The average molecular weight is 223 g/mol. The van der Waals surface area contributed by atoms with E-state index in [2.05, 4.69) is 25.3 Å². The van der Waals surface area contributed by atoms with Crippen molar-refractivity contribution in [3.8, 4) is 0 Å². The molecule has 1 atom stereocenters. The molecule has 0 heterocycles. The molecular formula is C8H17NO4S. The van der Waals surface area contributed by atoms with Crippen molar-refractivity contribution in [1.82, 2.24) is 0 Å². The Balaban J connectivity index is 0. The number of quaternary nitrogens is 1. The highest BCUT2D eigenvalue weighted by molar-refractivity contribution is 7.81. The summed E-state index contributed by atoms with van der Waals surface area (Å²) < 4.78 is 0. The smallest absolute Gasteiger partial charge is 0.304 e. The van der Waals surface area contributed by atoms with E-state index < -0.39 is 23.6 Å². The van der Waals surface area contributed by atoms with Crippen LogP contribution in [0.4, 0.5) is 0 Å². The van der Waals surface area contributed by atoms with Gasteiger partial charge in [-0.2, -0.15) is 12.6 Å². The zero-order chi connectivity index (χ0) is 11.6. The molecule has 0 aliphatic rings. The van der Waals surface area contributed by atoms with E-state index in [-0.39, 0.29) is 0 Å². The molecular weight excluding hydrogens is 206 g/mol. The molecule has 0 aromatic heterocycles. The Morgan fingerprint density at radius 1 is 1.57 bits per heavy atom. The summed E-state index contributed by atoms with van der Waals surface area (Å²) in [6, 6.07) is 0. The molecule has 0 saturated carbocycles. The van der Waals surface area contributed by atoms with E-state index in [0.717, 1.165) is 6.54 Å². The number of hydrogen-bond acceptors (Lipinski definition) is 4. The second-order valence-electron chi connectivity index (χ2n) is 2.64. The van der Waals surface area contributed by atoms with Gasteiger partial charge in [0.2, 0.25) is 0 Å².